The van der Waals surface area contributed by atoms with E-state index in [1.54, 1.807) is 16.7 Å². The van der Waals surface area contributed by atoms with Crippen LogP contribution >= 0.6 is 11.8 Å². The third kappa shape index (κ3) is 4.45. The number of benzene rings is 1. The number of nitrogens with two attached hydrogens (primary N) is 1. The molecule has 132 valence electrons. The molecule has 0 spiro atoms. The Labute approximate surface area is 144 Å². The minimum atomic E-state index is -0.877. The van der Waals surface area contributed by atoms with Gasteiger partial charge in [0.1, 0.15) is 11.6 Å². The van der Waals surface area contributed by atoms with Gasteiger partial charge in [-0.05, 0) is 30.6 Å². The van der Waals surface area contributed by atoms with Gasteiger partial charge in [-0.3, -0.25) is 9.59 Å². The van der Waals surface area contributed by atoms with Crippen LogP contribution in [0.5, 0.6) is 0 Å². The van der Waals surface area contributed by atoms with Crippen LogP contribution in [0.2, 0.25) is 0 Å². The molecule has 0 aliphatic carbocycles. The van der Waals surface area contributed by atoms with Crippen molar-refractivity contribution >= 4 is 23.6 Å². The van der Waals surface area contributed by atoms with Gasteiger partial charge in [0.25, 0.3) is 5.91 Å². The van der Waals surface area contributed by atoms with Crippen LogP contribution < -0.4 is 5.73 Å². The zero-order valence-electron chi connectivity index (χ0n) is 13.5. The smallest absolute Gasteiger partial charge is 0.256 e. The van der Waals surface area contributed by atoms with E-state index in [4.69, 9.17) is 5.73 Å². The number of carbonyl (C=O) groups excluding carboxylic acids is 2. The SMILES string of the molecule is CSCC[C@H](N)C(=O)N1CCN(C(=O)c2ccc(F)cc2F)CC1. The lowest BCUT2D eigenvalue weighted by Crippen LogP contribution is -2.54. The standard InChI is InChI=1S/C16H21F2N3O2S/c1-24-9-4-14(19)16(23)21-7-5-20(6-8-21)15(22)12-3-2-11(17)10-13(12)18/h2-3,10,14H,4-9,19H2,1H3/t14-/m0/s1. The summed E-state index contributed by atoms with van der Waals surface area (Å²) < 4.78 is 26.6. The maximum Gasteiger partial charge on any atom is 0.256 e. The van der Waals surface area contributed by atoms with Crippen molar-refractivity contribution in [3.05, 3.63) is 35.4 Å². The lowest BCUT2D eigenvalue weighted by molar-refractivity contribution is -0.134. The number of piperazine rings is 1. The monoisotopic (exact) mass is 357 g/mol. The lowest BCUT2D eigenvalue weighted by Gasteiger charge is -2.36. The molecule has 1 saturated heterocycles. The van der Waals surface area contributed by atoms with Crippen molar-refractivity contribution in [2.24, 2.45) is 5.73 Å². The fourth-order valence-electron chi connectivity index (χ4n) is 2.57. The lowest BCUT2D eigenvalue weighted by atomic mass is 10.1. The van der Waals surface area contributed by atoms with Gasteiger partial charge in [-0.15, -0.1) is 0 Å². The van der Waals surface area contributed by atoms with Crippen molar-refractivity contribution in [1.82, 2.24) is 9.80 Å². The predicted octanol–water partition coefficient (Wildman–Crippen LogP) is 1.33. The third-order valence-corrected chi connectivity index (χ3v) is 4.63. The molecule has 1 aromatic rings. The second-order valence-corrected chi connectivity index (χ2v) is 6.62. The molecule has 0 unspecified atom stereocenters. The molecule has 1 fully saturated rings. The summed E-state index contributed by atoms with van der Waals surface area (Å²) in [7, 11) is 0. The van der Waals surface area contributed by atoms with Crippen LogP contribution in [0.4, 0.5) is 8.78 Å². The quantitative estimate of drug-likeness (QED) is 0.863. The minimum Gasteiger partial charge on any atom is -0.338 e. The van der Waals surface area contributed by atoms with Gasteiger partial charge in [0.15, 0.2) is 0 Å². The molecular weight excluding hydrogens is 336 g/mol. The molecule has 1 aromatic carbocycles. The maximum atomic E-state index is 13.7. The van der Waals surface area contributed by atoms with Gasteiger partial charge >= 0.3 is 0 Å². The van der Waals surface area contributed by atoms with Crippen molar-refractivity contribution in [2.45, 2.75) is 12.5 Å². The van der Waals surface area contributed by atoms with Gasteiger partial charge in [0, 0.05) is 32.2 Å². The summed E-state index contributed by atoms with van der Waals surface area (Å²) in [6.45, 7) is 1.33. The van der Waals surface area contributed by atoms with E-state index < -0.39 is 23.6 Å². The van der Waals surface area contributed by atoms with E-state index >= 15 is 0 Å². The first-order chi connectivity index (χ1) is 11.4. The summed E-state index contributed by atoms with van der Waals surface area (Å²) in [5.41, 5.74) is 5.72. The fourth-order valence-corrected chi connectivity index (χ4v) is 3.06. The highest BCUT2D eigenvalue weighted by Crippen LogP contribution is 2.14. The Morgan fingerprint density at radius 2 is 1.83 bits per heavy atom. The second kappa shape index (κ2) is 8.43. The van der Waals surface area contributed by atoms with E-state index in [1.807, 2.05) is 6.26 Å². The summed E-state index contributed by atoms with van der Waals surface area (Å²) >= 11 is 1.63. The Bertz CT molecular complexity index is 607. The molecule has 2 N–H and O–H groups in total. The second-order valence-electron chi connectivity index (χ2n) is 5.63. The molecule has 24 heavy (non-hydrogen) atoms. The molecular formula is C16H21F2N3O2S. The highest BCUT2D eigenvalue weighted by atomic mass is 32.2. The average Bonchev–Trinajstić information content (AvgIpc) is 2.58. The van der Waals surface area contributed by atoms with E-state index in [1.165, 1.54) is 4.90 Å². The van der Waals surface area contributed by atoms with Crippen LogP contribution in [0.1, 0.15) is 16.8 Å². The topological polar surface area (TPSA) is 66.6 Å². The normalized spacial score (nSPS) is 16.2. The summed E-state index contributed by atoms with van der Waals surface area (Å²) in [5.74, 6) is -1.40. The largest absolute Gasteiger partial charge is 0.338 e. The number of rotatable bonds is 5. The summed E-state index contributed by atoms with van der Waals surface area (Å²) in [6, 6.07) is 2.36. The van der Waals surface area contributed by atoms with E-state index in [0.717, 1.165) is 17.9 Å². The summed E-state index contributed by atoms with van der Waals surface area (Å²) in [6.07, 6.45) is 2.57. The van der Waals surface area contributed by atoms with Crippen LogP contribution in [-0.4, -0.2) is 65.8 Å². The Morgan fingerprint density at radius 1 is 1.21 bits per heavy atom. The molecule has 0 saturated carbocycles. The van der Waals surface area contributed by atoms with Gasteiger partial charge in [-0.1, -0.05) is 0 Å². The molecule has 2 rings (SSSR count). The highest BCUT2D eigenvalue weighted by molar-refractivity contribution is 7.98. The number of hydrogen-bond acceptors (Lipinski definition) is 4. The summed E-state index contributed by atoms with van der Waals surface area (Å²) in [4.78, 5) is 27.6. The van der Waals surface area contributed by atoms with Gasteiger partial charge in [0.05, 0.1) is 11.6 Å². The molecule has 1 aliphatic rings. The molecule has 1 heterocycles. The molecule has 1 atom stereocenters. The predicted molar refractivity (Wildman–Crippen MR) is 89.8 cm³/mol. The first kappa shape index (κ1) is 18.7. The molecule has 8 heteroatoms. The van der Waals surface area contributed by atoms with Crippen LogP contribution in [0.25, 0.3) is 0 Å². The Kier molecular flexibility index (Phi) is 6.56. The molecule has 1 aliphatic heterocycles. The number of thioether (sulfide) groups is 1. The van der Waals surface area contributed by atoms with Crippen molar-refractivity contribution in [3.63, 3.8) is 0 Å². The number of halogens is 2. The van der Waals surface area contributed by atoms with Crippen LogP contribution in [0, 0.1) is 11.6 Å². The molecule has 0 radical (unpaired) electrons. The highest BCUT2D eigenvalue weighted by Gasteiger charge is 2.28. The zero-order valence-corrected chi connectivity index (χ0v) is 14.3. The number of nitrogens with zero attached hydrogens (tertiary/aromatic N) is 2. The maximum absolute atomic E-state index is 13.7. The van der Waals surface area contributed by atoms with Crippen molar-refractivity contribution in [1.29, 1.82) is 0 Å². The molecule has 0 aromatic heterocycles. The first-order valence-corrected chi connectivity index (χ1v) is 9.11. The van der Waals surface area contributed by atoms with Crippen LogP contribution in [0.15, 0.2) is 18.2 Å². The molecule has 5 nitrogen and oxygen atoms in total. The van der Waals surface area contributed by atoms with E-state index in [2.05, 4.69) is 0 Å². The Morgan fingerprint density at radius 3 is 2.42 bits per heavy atom. The average molecular weight is 357 g/mol. The van der Waals surface area contributed by atoms with Crippen LogP contribution in [0.3, 0.4) is 0 Å². The van der Waals surface area contributed by atoms with Gasteiger partial charge < -0.3 is 15.5 Å². The van der Waals surface area contributed by atoms with E-state index in [0.29, 0.717) is 38.7 Å². The van der Waals surface area contributed by atoms with Gasteiger partial charge in [-0.25, -0.2) is 8.78 Å². The number of amides is 2. The molecule has 0 bridgehead atoms. The van der Waals surface area contributed by atoms with Crippen molar-refractivity contribution < 1.29 is 18.4 Å². The first-order valence-electron chi connectivity index (χ1n) is 7.71. The van der Waals surface area contributed by atoms with E-state index in [9.17, 15) is 18.4 Å². The summed E-state index contributed by atoms with van der Waals surface area (Å²) in [5, 5.41) is 0. The van der Waals surface area contributed by atoms with Crippen molar-refractivity contribution in [2.75, 3.05) is 38.2 Å². The van der Waals surface area contributed by atoms with Crippen LogP contribution in [-0.2, 0) is 4.79 Å². The van der Waals surface area contributed by atoms with Gasteiger partial charge in [0.2, 0.25) is 5.91 Å². The van der Waals surface area contributed by atoms with E-state index in [-0.39, 0.29) is 11.5 Å². The van der Waals surface area contributed by atoms with Crippen molar-refractivity contribution in [3.8, 4) is 0 Å². The Balaban J connectivity index is 1.92. The fraction of sp³-hybridized carbons (Fsp3) is 0.500. The third-order valence-electron chi connectivity index (χ3n) is 3.99. The Hall–Kier alpha value is -1.67. The molecule has 2 amide bonds. The number of carbonyl (C=O) groups is 2. The number of hydrogen-bond donors (Lipinski definition) is 1. The zero-order chi connectivity index (χ0) is 17.7. The minimum absolute atomic E-state index is 0.121. The van der Waals surface area contributed by atoms with Gasteiger partial charge in [-0.2, -0.15) is 11.8 Å².